The maximum absolute atomic E-state index is 9.82. The molecule has 0 saturated heterocycles. The van der Waals surface area contributed by atoms with Crippen molar-refractivity contribution in [2.75, 3.05) is 7.11 Å². The van der Waals surface area contributed by atoms with Gasteiger partial charge in [0.15, 0.2) is 0 Å². The lowest BCUT2D eigenvalue weighted by Gasteiger charge is -1.89. The summed E-state index contributed by atoms with van der Waals surface area (Å²) in [7, 11) is 1.00. The number of nitroso groups, excluding NO2 is 1. The van der Waals surface area contributed by atoms with Crippen molar-refractivity contribution in [3.8, 4) is 5.75 Å². The number of aliphatic hydroxyl groups is 1. The van der Waals surface area contributed by atoms with Crippen LogP contribution in [0.2, 0.25) is 0 Å². The molecule has 4 heteroatoms. The second-order valence-corrected chi connectivity index (χ2v) is 1.58. The van der Waals surface area contributed by atoms with Crippen LogP contribution in [0.25, 0.3) is 0 Å². The molecular weight excluding hydrogens is 146 g/mol. The molecule has 1 aromatic carbocycles. The van der Waals surface area contributed by atoms with Crippen LogP contribution in [0.5, 0.6) is 5.75 Å². The number of nitrogens with zero attached hydrogens (tertiary/aromatic N) is 1. The van der Waals surface area contributed by atoms with Crippen LogP contribution in [-0.2, 0) is 0 Å². The lowest BCUT2D eigenvalue weighted by Crippen LogP contribution is -1.63. The van der Waals surface area contributed by atoms with Gasteiger partial charge in [-0.2, -0.15) is 0 Å². The van der Waals surface area contributed by atoms with Crippen LogP contribution in [0.1, 0.15) is 0 Å². The van der Waals surface area contributed by atoms with E-state index in [2.05, 4.69) is 5.18 Å². The standard InChI is InChI=1S/C6H5NO2.CH4O/c8-6-4-2-1-3-5(6)7-9;1-2/h1-4,8H;2H,1H3. The molecule has 0 aromatic heterocycles. The highest BCUT2D eigenvalue weighted by Gasteiger charge is 1.94. The van der Waals surface area contributed by atoms with Crippen molar-refractivity contribution in [1.29, 1.82) is 0 Å². The lowest BCUT2D eigenvalue weighted by atomic mass is 10.3. The Bertz CT molecular complexity index is 225. The van der Waals surface area contributed by atoms with E-state index in [1.807, 2.05) is 0 Å². The molecule has 1 rings (SSSR count). The van der Waals surface area contributed by atoms with E-state index in [1.165, 1.54) is 12.1 Å². The topological polar surface area (TPSA) is 69.9 Å². The zero-order chi connectivity index (χ0) is 8.69. The minimum Gasteiger partial charge on any atom is -0.506 e. The van der Waals surface area contributed by atoms with Gasteiger partial charge in [0.25, 0.3) is 0 Å². The van der Waals surface area contributed by atoms with Gasteiger partial charge in [0, 0.05) is 7.11 Å². The normalized spacial score (nSPS) is 7.82. The maximum atomic E-state index is 9.82. The molecule has 2 N–H and O–H groups in total. The van der Waals surface area contributed by atoms with Gasteiger partial charge in [0.2, 0.25) is 0 Å². The predicted octanol–water partition coefficient (Wildman–Crippen LogP) is 1.40. The van der Waals surface area contributed by atoms with Crippen LogP contribution in [0.3, 0.4) is 0 Å². The fourth-order valence-corrected chi connectivity index (χ4v) is 0.541. The number of hydrogen-bond acceptors (Lipinski definition) is 4. The number of aromatic hydroxyl groups is 1. The summed E-state index contributed by atoms with van der Waals surface area (Å²) in [5.74, 6) is -0.0764. The molecule has 0 aliphatic rings. The number of rotatable bonds is 1. The van der Waals surface area contributed by atoms with Crippen molar-refractivity contribution in [2.24, 2.45) is 5.18 Å². The van der Waals surface area contributed by atoms with Crippen LogP contribution in [0.15, 0.2) is 29.4 Å². The van der Waals surface area contributed by atoms with E-state index >= 15 is 0 Å². The van der Waals surface area contributed by atoms with E-state index in [0.717, 1.165) is 7.11 Å². The largest absolute Gasteiger partial charge is 0.506 e. The Morgan fingerprint density at radius 2 is 1.82 bits per heavy atom. The number of aliphatic hydroxyl groups excluding tert-OH is 1. The van der Waals surface area contributed by atoms with Crippen LogP contribution in [-0.4, -0.2) is 17.3 Å². The zero-order valence-corrected chi connectivity index (χ0v) is 6.06. The molecule has 0 amide bonds. The third-order valence-corrected chi connectivity index (χ3v) is 0.980. The Kier molecular flexibility index (Phi) is 4.68. The van der Waals surface area contributed by atoms with Crippen LogP contribution in [0.4, 0.5) is 5.69 Å². The molecule has 11 heavy (non-hydrogen) atoms. The van der Waals surface area contributed by atoms with Crippen molar-refractivity contribution < 1.29 is 10.2 Å². The Morgan fingerprint density at radius 3 is 2.18 bits per heavy atom. The minimum atomic E-state index is -0.0764. The molecule has 60 valence electrons. The molecule has 0 spiro atoms. The number of phenolic OH excluding ortho intramolecular Hbond substituents is 1. The molecule has 0 atom stereocenters. The average Bonchev–Trinajstić information content (AvgIpc) is 2.09. The lowest BCUT2D eigenvalue weighted by molar-refractivity contribution is 0.399. The van der Waals surface area contributed by atoms with Crippen LogP contribution in [0, 0.1) is 4.91 Å². The van der Waals surface area contributed by atoms with Crippen molar-refractivity contribution in [3.05, 3.63) is 29.2 Å². The van der Waals surface area contributed by atoms with Gasteiger partial charge in [-0.05, 0) is 17.3 Å². The second-order valence-electron chi connectivity index (χ2n) is 1.58. The first-order valence-corrected chi connectivity index (χ1v) is 2.90. The van der Waals surface area contributed by atoms with Crippen LogP contribution >= 0.6 is 0 Å². The van der Waals surface area contributed by atoms with Crippen molar-refractivity contribution in [3.63, 3.8) is 0 Å². The SMILES string of the molecule is CO.O=Nc1ccccc1O. The monoisotopic (exact) mass is 155 g/mol. The van der Waals surface area contributed by atoms with Crippen molar-refractivity contribution in [1.82, 2.24) is 0 Å². The first-order chi connectivity index (χ1) is 5.34. The highest BCUT2D eigenvalue weighted by atomic mass is 16.3. The first kappa shape index (κ1) is 9.58. The molecule has 0 aliphatic heterocycles. The van der Waals surface area contributed by atoms with E-state index in [4.69, 9.17) is 10.2 Å². The summed E-state index contributed by atoms with van der Waals surface area (Å²) in [6.07, 6.45) is 0. The Balaban J connectivity index is 0.000000461. The molecular formula is C7H9NO3. The summed E-state index contributed by atoms with van der Waals surface area (Å²) in [5.41, 5.74) is 0.0810. The molecule has 0 fully saturated rings. The number of benzene rings is 1. The van der Waals surface area contributed by atoms with Crippen LogP contribution < -0.4 is 0 Å². The number of phenols is 1. The summed E-state index contributed by atoms with van der Waals surface area (Å²) in [6.45, 7) is 0. The highest BCUT2D eigenvalue weighted by Crippen LogP contribution is 2.23. The van der Waals surface area contributed by atoms with Gasteiger partial charge in [-0.15, -0.1) is 4.91 Å². The van der Waals surface area contributed by atoms with E-state index in [0.29, 0.717) is 0 Å². The number of para-hydroxylation sites is 1. The van der Waals surface area contributed by atoms with E-state index < -0.39 is 0 Å². The average molecular weight is 155 g/mol. The smallest absolute Gasteiger partial charge is 0.149 e. The highest BCUT2D eigenvalue weighted by molar-refractivity contribution is 5.49. The van der Waals surface area contributed by atoms with Gasteiger partial charge in [-0.3, -0.25) is 0 Å². The Hall–Kier alpha value is -1.42. The summed E-state index contributed by atoms with van der Waals surface area (Å²) in [6, 6.07) is 6.12. The molecule has 0 bridgehead atoms. The molecule has 1 aromatic rings. The second kappa shape index (κ2) is 5.37. The Labute approximate surface area is 64.1 Å². The third kappa shape index (κ3) is 2.77. The van der Waals surface area contributed by atoms with Gasteiger partial charge in [0.1, 0.15) is 11.4 Å². The van der Waals surface area contributed by atoms with Gasteiger partial charge < -0.3 is 10.2 Å². The zero-order valence-electron chi connectivity index (χ0n) is 6.06. The quantitative estimate of drug-likeness (QED) is 0.602. The van der Waals surface area contributed by atoms with E-state index in [1.54, 1.807) is 12.1 Å². The predicted molar refractivity (Wildman–Crippen MR) is 41.7 cm³/mol. The van der Waals surface area contributed by atoms with E-state index in [9.17, 15) is 4.91 Å². The van der Waals surface area contributed by atoms with Crippen molar-refractivity contribution in [2.45, 2.75) is 0 Å². The van der Waals surface area contributed by atoms with Crippen molar-refractivity contribution >= 4 is 5.69 Å². The molecule has 0 heterocycles. The number of hydrogen-bond donors (Lipinski definition) is 2. The molecule has 0 radical (unpaired) electrons. The molecule has 4 nitrogen and oxygen atoms in total. The minimum absolute atomic E-state index is 0.0764. The molecule has 0 unspecified atom stereocenters. The summed E-state index contributed by atoms with van der Waals surface area (Å²) in [4.78, 5) is 9.82. The first-order valence-electron chi connectivity index (χ1n) is 2.90. The van der Waals surface area contributed by atoms with Gasteiger partial charge in [-0.25, -0.2) is 0 Å². The van der Waals surface area contributed by atoms with Gasteiger partial charge in [-0.1, -0.05) is 12.1 Å². The summed E-state index contributed by atoms with van der Waals surface area (Å²) >= 11 is 0. The third-order valence-electron chi connectivity index (χ3n) is 0.980. The molecule has 0 aliphatic carbocycles. The maximum Gasteiger partial charge on any atom is 0.149 e. The Morgan fingerprint density at radius 1 is 1.27 bits per heavy atom. The fraction of sp³-hybridized carbons (Fsp3) is 0.143. The van der Waals surface area contributed by atoms with Gasteiger partial charge in [0.05, 0.1) is 0 Å². The summed E-state index contributed by atoms with van der Waals surface area (Å²) in [5, 5.41) is 18.4. The summed E-state index contributed by atoms with van der Waals surface area (Å²) < 4.78 is 0. The molecule has 0 saturated carbocycles. The van der Waals surface area contributed by atoms with Gasteiger partial charge >= 0.3 is 0 Å². The fourth-order valence-electron chi connectivity index (χ4n) is 0.541. The van der Waals surface area contributed by atoms with E-state index in [-0.39, 0.29) is 11.4 Å².